The first kappa shape index (κ1) is 12.2. The Balaban J connectivity index is 2.81. The number of hydrogen-bond acceptors (Lipinski definition) is 4. The molecule has 0 amide bonds. The molecule has 1 unspecified atom stereocenters. The van der Waals surface area contributed by atoms with Gasteiger partial charge in [0.2, 0.25) is 5.95 Å². The summed E-state index contributed by atoms with van der Waals surface area (Å²) in [6.07, 6.45) is 3.91. The van der Waals surface area contributed by atoms with Gasteiger partial charge in [-0.1, -0.05) is 6.08 Å². The maximum absolute atomic E-state index is 10.7. The summed E-state index contributed by atoms with van der Waals surface area (Å²) in [6.45, 7) is 7.26. The molecule has 5 nitrogen and oxygen atoms in total. The van der Waals surface area contributed by atoms with Crippen molar-refractivity contribution in [2.24, 2.45) is 0 Å². The van der Waals surface area contributed by atoms with Gasteiger partial charge in [0, 0.05) is 12.2 Å². The quantitative estimate of drug-likeness (QED) is 0.742. The maximum Gasteiger partial charge on any atom is 0.339 e. The molecule has 86 valence electrons. The van der Waals surface area contributed by atoms with Gasteiger partial charge in [0.1, 0.15) is 0 Å². The van der Waals surface area contributed by atoms with E-state index < -0.39 is 5.97 Å². The second kappa shape index (κ2) is 5.25. The van der Waals surface area contributed by atoms with Crippen LogP contribution in [0.1, 0.15) is 29.4 Å². The minimum atomic E-state index is -1.01. The summed E-state index contributed by atoms with van der Waals surface area (Å²) in [5.41, 5.74) is 0.581. The monoisotopic (exact) mass is 221 g/mol. The van der Waals surface area contributed by atoms with Crippen LogP contribution in [0.25, 0.3) is 0 Å². The van der Waals surface area contributed by atoms with Crippen LogP contribution < -0.4 is 5.32 Å². The highest BCUT2D eigenvalue weighted by Crippen LogP contribution is 2.08. The van der Waals surface area contributed by atoms with Crippen molar-refractivity contribution in [3.05, 3.63) is 30.1 Å². The van der Waals surface area contributed by atoms with E-state index in [0.29, 0.717) is 11.6 Å². The molecule has 2 N–H and O–H groups in total. The van der Waals surface area contributed by atoms with Gasteiger partial charge in [-0.15, -0.1) is 6.58 Å². The number of carboxylic acids is 1. The molecule has 0 saturated carbocycles. The first-order valence-corrected chi connectivity index (χ1v) is 4.99. The predicted octanol–water partition coefficient (Wildman–Crippen LogP) is 1.86. The van der Waals surface area contributed by atoms with Crippen molar-refractivity contribution >= 4 is 11.9 Å². The Morgan fingerprint density at radius 3 is 2.94 bits per heavy atom. The molecule has 5 heteroatoms. The number of aryl methyl sites for hydroxylation is 1. The van der Waals surface area contributed by atoms with E-state index in [1.54, 1.807) is 13.0 Å². The topological polar surface area (TPSA) is 75.1 Å². The lowest BCUT2D eigenvalue weighted by atomic mass is 10.2. The van der Waals surface area contributed by atoms with Gasteiger partial charge in [-0.2, -0.15) is 0 Å². The van der Waals surface area contributed by atoms with Crippen LogP contribution in [-0.2, 0) is 0 Å². The fraction of sp³-hybridized carbons (Fsp3) is 0.364. The first-order chi connectivity index (χ1) is 7.54. The molecule has 0 bridgehead atoms. The number of carboxylic acid groups (broad SMARTS) is 1. The van der Waals surface area contributed by atoms with E-state index in [-0.39, 0.29) is 11.6 Å². The summed E-state index contributed by atoms with van der Waals surface area (Å²) in [4.78, 5) is 18.8. The highest BCUT2D eigenvalue weighted by atomic mass is 16.4. The van der Waals surface area contributed by atoms with E-state index in [0.717, 1.165) is 6.42 Å². The zero-order valence-electron chi connectivity index (χ0n) is 9.40. The van der Waals surface area contributed by atoms with Gasteiger partial charge in [0.25, 0.3) is 0 Å². The van der Waals surface area contributed by atoms with Crippen molar-refractivity contribution in [1.29, 1.82) is 0 Å². The SMILES string of the molecule is C=CCC(C)Nc1ncc(C(=O)O)c(C)n1. The minimum absolute atomic E-state index is 0.127. The van der Waals surface area contributed by atoms with E-state index in [4.69, 9.17) is 5.11 Å². The Morgan fingerprint density at radius 2 is 2.44 bits per heavy atom. The number of carbonyl (C=O) groups is 1. The molecule has 0 saturated heterocycles. The van der Waals surface area contributed by atoms with Crippen molar-refractivity contribution in [3.8, 4) is 0 Å². The first-order valence-electron chi connectivity index (χ1n) is 4.99. The normalized spacial score (nSPS) is 11.9. The Labute approximate surface area is 94.2 Å². The molecule has 16 heavy (non-hydrogen) atoms. The average molecular weight is 221 g/mol. The van der Waals surface area contributed by atoms with Gasteiger partial charge in [0.05, 0.1) is 11.3 Å². The Kier molecular flexibility index (Phi) is 3.99. The lowest BCUT2D eigenvalue weighted by Gasteiger charge is -2.12. The predicted molar refractivity (Wildman–Crippen MR) is 61.6 cm³/mol. The smallest absolute Gasteiger partial charge is 0.339 e. The number of rotatable bonds is 5. The average Bonchev–Trinajstić information content (AvgIpc) is 2.17. The molecule has 0 aliphatic rings. The molecule has 1 aromatic rings. The lowest BCUT2D eigenvalue weighted by molar-refractivity contribution is 0.0695. The molecule has 0 spiro atoms. The van der Waals surface area contributed by atoms with Crippen LogP contribution in [0.15, 0.2) is 18.9 Å². The Hall–Kier alpha value is -1.91. The fourth-order valence-corrected chi connectivity index (χ4v) is 1.28. The van der Waals surface area contributed by atoms with Gasteiger partial charge in [-0.05, 0) is 20.3 Å². The third kappa shape index (κ3) is 3.05. The molecular formula is C11H15N3O2. The van der Waals surface area contributed by atoms with Crippen LogP contribution in [0, 0.1) is 6.92 Å². The van der Waals surface area contributed by atoms with Crippen LogP contribution >= 0.6 is 0 Å². The van der Waals surface area contributed by atoms with Gasteiger partial charge >= 0.3 is 5.97 Å². The molecule has 1 aromatic heterocycles. The Morgan fingerprint density at radius 1 is 1.75 bits per heavy atom. The highest BCUT2D eigenvalue weighted by Gasteiger charge is 2.10. The number of hydrogen-bond donors (Lipinski definition) is 2. The van der Waals surface area contributed by atoms with Crippen molar-refractivity contribution in [1.82, 2.24) is 9.97 Å². The number of anilines is 1. The van der Waals surface area contributed by atoms with E-state index in [1.165, 1.54) is 6.20 Å². The Bertz CT molecular complexity index is 404. The van der Waals surface area contributed by atoms with E-state index in [1.807, 2.05) is 6.92 Å². The van der Waals surface area contributed by atoms with Gasteiger partial charge in [0.15, 0.2) is 0 Å². The van der Waals surface area contributed by atoms with Crippen LogP contribution in [-0.4, -0.2) is 27.1 Å². The fourth-order valence-electron chi connectivity index (χ4n) is 1.28. The molecule has 0 radical (unpaired) electrons. The summed E-state index contributed by atoms with van der Waals surface area (Å²) >= 11 is 0. The number of nitrogens with zero attached hydrogens (tertiary/aromatic N) is 2. The summed E-state index contributed by atoms with van der Waals surface area (Å²) in [5.74, 6) is -0.569. The maximum atomic E-state index is 10.7. The van der Waals surface area contributed by atoms with E-state index in [2.05, 4.69) is 21.9 Å². The van der Waals surface area contributed by atoms with Crippen LogP contribution in [0.3, 0.4) is 0 Å². The van der Waals surface area contributed by atoms with Crippen molar-refractivity contribution in [2.45, 2.75) is 26.3 Å². The summed E-state index contributed by atoms with van der Waals surface area (Å²) in [5, 5.41) is 11.9. The highest BCUT2D eigenvalue weighted by molar-refractivity contribution is 5.88. The third-order valence-electron chi connectivity index (χ3n) is 2.11. The molecule has 0 fully saturated rings. The van der Waals surface area contributed by atoms with Crippen molar-refractivity contribution in [2.75, 3.05) is 5.32 Å². The van der Waals surface area contributed by atoms with E-state index in [9.17, 15) is 4.79 Å². The second-order valence-corrected chi connectivity index (χ2v) is 3.57. The molecule has 0 aliphatic carbocycles. The molecule has 0 aliphatic heterocycles. The molecule has 1 atom stereocenters. The van der Waals surface area contributed by atoms with Gasteiger partial charge in [-0.25, -0.2) is 14.8 Å². The molecule has 1 heterocycles. The standard InChI is InChI=1S/C11H15N3O2/c1-4-5-7(2)13-11-12-6-9(10(15)16)8(3)14-11/h4,6-7H,1,5H2,2-3H3,(H,15,16)(H,12,13,14). The number of nitrogens with one attached hydrogen (secondary N) is 1. The lowest BCUT2D eigenvalue weighted by Crippen LogP contribution is -2.17. The van der Waals surface area contributed by atoms with Crippen LogP contribution in [0.4, 0.5) is 5.95 Å². The second-order valence-electron chi connectivity index (χ2n) is 3.57. The van der Waals surface area contributed by atoms with E-state index >= 15 is 0 Å². The zero-order valence-corrected chi connectivity index (χ0v) is 9.40. The van der Waals surface area contributed by atoms with Crippen LogP contribution in [0.5, 0.6) is 0 Å². The summed E-state index contributed by atoms with van der Waals surface area (Å²) < 4.78 is 0. The van der Waals surface area contributed by atoms with Crippen molar-refractivity contribution < 1.29 is 9.90 Å². The number of aromatic nitrogens is 2. The largest absolute Gasteiger partial charge is 0.478 e. The summed E-state index contributed by atoms with van der Waals surface area (Å²) in [7, 11) is 0. The number of aromatic carboxylic acids is 1. The third-order valence-corrected chi connectivity index (χ3v) is 2.11. The van der Waals surface area contributed by atoms with Gasteiger partial charge < -0.3 is 10.4 Å². The zero-order chi connectivity index (χ0) is 12.1. The minimum Gasteiger partial charge on any atom is -0.478 e. The van der Waals surface area contributed by atoms with Gasteiger partial charge in [-0.3, -0.25) is 0 Å². The molecule has 1 rings (SSSR count). The summed E-state index contributed by atoms with van der Waals surface area (Å²) in [6, 6.07) is 0.174. The van der Waals surface area contributed by atoms with Crippen molar-refractivity contribution in [3.63, 3.8) is 0 Å². The molecule has 0 aromatic carbocycles. The molecular weight excluding hydrogens is 206 g/mol. The van der Waals surface area contributed by atoms with Crippen LogP contribution in [0.2, 0.25) is 0 Å².